The molecule has 0 saturated heterocycles. The van der Waals surface area contributed by atoms with Crippen molar-refractivity contribution in [2.75, 3.05) is 7.05 Å². The summed E-state index contributed by atoms with van der Waals surface area (Å²) in [6.45, 7) is 0. The molecule has 1 aromatic heterocycles. The van der Waals surface area contributed by atoms with E-state index >= 15 is 0 Å². The lowest BCUT2D eigenvalue weighted by atomic mass is 10.1. The highest BCUT2D eigenvalue weighted by Crippen LogP contribution is 2.24. The Morgan fingerprint density at radius 2 is 1.83 bits per heavy atom. The highest BCUT2D eigenvalue weighted by Gasteiger charge is 2.30. The third-order valence-electron chi connectivity index (χ3n) is 3.60. The lowest BCUT2D eigenvalue weighted by Gasteiger charge is -2.09. The molecule has 3 aromatic rings. The normalized spacial score (nSPS) is 11.4. The van der Waals surface area contributed by atoms with Gasteiger partial charge in [-0.25, -0.2) is 9.67 Å². The third-order valence-corrected chi connectivity index (χ3v) is 3.90. The zero-order valence-corrected chi connectivity index (χ0v) is 15.8. The predicted octanol–water partition coefficient (Wildman–Crippen LogP) is 3.26. The van der Waals surface area contributed by atoms with Crippen LogP contribution in [0.3, 0.4) is 0 Å². The van der Waals surface area contributed by atoms with Crippen molar-refractivity contribution in [2.45, 2.75) is 6.36 Å². The van der Waals surface area contributed by atoms with Crippen molar-refractivity contribution < 1.29 is 17.9 Å². The maximum atomic E-state index is 12.2. The number of aromatic nitrogens is 3. The van der Waals surface area contributed by atoms with Gasteiger partial charge in [0.05, 0.1) is 11.9 Å². The van der Waals surface area contributed by atoms with Crippen molar-refractivity contribution in [3.63, 3.8) is 0 Å². The molecule has 2 aromatic carbocycles. The van der Waals surface area contributed by atoms with Crippen LogP contribution in [0.15, 0.2) is 60.0 Å². The number of alkyl halides is 3. The maximum Gasteiger partial charge on any atom is 0.573 e. The maximum absolute atomic E-state index is 12.2. The van der Waals surface area contributed by atoms with Crippen LogP contribution in [-0.2, 0) is 0 Å². The molecule has 0 saturated carbocycles. The van der Waals surface area contributed by atoms with Gasteiger partial charge in [-0.3, -0.25) is 5.43 Å². The largest absolute Gasteiger partial charge is 0.573 e. The summed E-state index contributed by atoms with van der Waals surface area (Å²) in [7, 11) is 1.69. The van der Waals surface area contributed by atoms with Gasteiger partial charge in [0.25, 0.3) is 0 Å². The summed E-state index contributed by atoms with van der Waals surface area (Å²) in [6, 6.07) is 12.7. The number of nitrogens with one attached hydrogen (secondary N) is 2. The second-order valence-electron chi connectivity index (χ2n) is 5.63. The second kappa shape index (κ2) is 8.69. The number of thiocarbonyl (C=S) groups is 1. The lowest BCUT2D eigenvalue weighted by molar-refractivity contribution is -0.274. The zero-order valence-electron chi connectivity index (χ0n) is 15.0. The highest BCUT2D eigenvalue weighted by molar-refractivity contribution is 7.80. The Kier molecular flexibility index (Phi) is 6.07. The SMILES string of the molecule is CNC(=S)NN=Cc1ccc(-c2ncn(-c3ccc(OC(F)(F)F)cc3)n2)cc1. The van der Waals surface area contributed by atoms with Crippen LogP contribution in [0.2, 0.25) is 0 Å². The molecule has 0 spiro atoms. The molecule has 0 amide bonds. The molecule has 150 valence electrons. The number of rotatable bonds is 5. The van der Waals surface area contributed by atoms with Gasteiger partial charge < -0.3 is 10.1 Å². The molecular formula is C18H15F3N6OS. The van der Waals surface area contributed by atoms with Crippen molar-refractivity contribution in [3.05, 3.63) is 60.4 Å². The van der Waals surface area contributed by atoms with Crippen LogP contribution in [0, 0.1) is 0 Å². The fourth-order valence-electron chi connectivity index (χ4n) is 2.26. The summed E-state index contributed by atoms with van der Waals surface area (Å²) in [6.07, 6.45) is -1.63. The molecule has 2 N–H and O–H groups in total. The number of nitrogens with zero attached hydrogens (tertiary/aromatic N) is 4. The van der Waals surface area contributed by atoms with E-state index in [0.29, 0.717) is 16.6 Å². The molecule has 1 heterocycles. The molecule has 0 aliphatic carbocycles. The standard InChI is InChI=1S/C18H15F3N6OS/c1-22-17(29)25-24-10-12-2-4-13(5-3-12)16-23-11-27(26-16)14-6-8-15(9-7-14)28-18(19,20)21/h2-11H,1H3,(H2,22,25,29). The van der Waals surface area contributed by atoms with Crippen LogP contribution in [0.5, 0.6) is 5.75 Å². The summed E-state index contributed by atoms with van der Waals surface area (Å²) >= 11 is 4.92. The molecule has 29 heavy (non-hydrogen) atoms. The summed E-state index contributed by atoms with van der Waals surface area (Å²) < 4.78 is 42.0. The molecule has 0 aliphatic heterocycles. The molecule has 0 bridgehead atoms. The monoisotopic (exact) mass is 420 g/mol. The Morgan fingerprint density at radius 1 is 1.14 bits per heavy atom. The first-order chi connectivity index (χ1) is 13.8. The van der Waals surface area contributed by atoms with Gasteiger partial charge in [-0.15, -0.1) is 18.3 Å². The number of halogens is 3. The third kappa shape index (κ3) is 5.75. The number of hydrogen-bond donors (Lipinski definition) is 2. The Hall–Kier alpha value is -3.47. The van der Waals surface area contributed by atoms with Crippen molar-refractivity contribution in [1.82, 2.24) is 25.5 Å². The first-order valence-electron chi connectivity index (χ1n) is 8.23. The minimum absolute atomic E-state index is 0.302. The Balaban J connectivity index is 1.69. The van der Waals surface area contributed by atoms with Crippen LogP contribution in [0.25, 0.3) is 17.1 Å². The summed E-state index contributed by atoms with van der Waals surface area (Å²) in [5, 5.41) is 11.5. The Labute approximate surface area is 169 Å². The topological polar surface area (TPSA) is 76.4 Å². The van der Waals surface area contributed by atoms with Gasteiger partial charge >= 0.3 is 6.36 Å². The molecule has 11 heteroatoms. The van der Waals surface area contributed by atoms with Gasteiger partial charge in [0.15, 0.2) is 10.9 Å². The van der Waals surface area contributed by atoms with Crippen LogP contribution in [0.1, 0.15) is 5.56 Å². The van der Waals surface area contributed by atoms with Crippen LogP contribution in [-0.4, -0.2) is 39.5 Å². The molecule has 0 unspecified atom stereocenters. The zero-order chi connectivity index (χ0) is 20.9. The number of hydrogen-bond acceptors (Lipinski definition) is 5. The Morgan fingerprint density at radius 3 is 2.45 bits per heavy atom. The molecule has 0 aliphatic rings. The summed E-state index contributed by atoms with van der Waals surface area (Å²) in [4.78, 5) is 4.24. The average Bonchev–Trinajstić information content (AvgIpc) is 3.18. The van der Waals surface area contributed by atoms with E-state index < -0.39 is 6.36 Å². The fraction of sp³-hybridized carbons (Fsp3) is 0.111. The predicted molar refractivity (Wildman–Crippen MR) is 106 cm³/mol. The lowest BCUT2D eigenvalue weighted by Crippen LogP contribution is -2.28. The molecule has 0 atom stereocenters. The summed E-state index contributed by atoms with van der Waals surface area (Å²) in [5.41, 5.74) is 4.83. The van der Waals surface area contributed by atoms with Gasteiger partial charge in [0.1, 0.15) is 12.1 Å². The number of hydrazone groups is 1. The average molecular weight is 420 g/mol. The molecular weight excluding hydrogens is 405 g/mol. The van der Waals surface area contributed by atoms with Gasteiger partial charge in [0.2, 0.25) is 0 Å². The van der Waals surface area contributed by atoms with Gasteiger partial charge in [-0.1, -0.05) is 24.3 Å². The first-order valence-corrected chi connectivity index (χ1v) is 8.64. The molecule has 3 rings (SSSR count). The van der Waals surface area contributed by atoms with E-state index in [4.69, 9.17) is 12.2 Å². The quantitative estimate of drug-likeness (QED) is 0.375. The van der Waals surface area contributed by atoms with E-state index in [1.54, 1.807) is 13.3 Å². The summed E-state index contributed by atoms with van der Waals surface area (Å²) in [5.74, 6) is 0.169. The van der Waals surface area contributed by atoms with E-state index in [9.17, 15) is 13.2 Å². The van der Waals surface area contributed by atoms with Crippen molar-refractivity contribution >= 4 is 23.5 Å². The van der Waals surface area contributed by atoms with Gasteiger partial charge in [0, 0.05) is 12.6 Å². The van der Waals surface area contributed by atoms with Crippen LogP contribution >= 0.6 is 12.2 Å². The van der Waals surface area contributed by atoms with Crippen LogP contribution < -0.4 is 15.5 Å². The fourth-order valence-corrected chi connectivity index (χ4v) is 2.31. The van der Waals surface area contributed by atoms with Crippen molar-refractivity contribution in [3.8, 4) is 22.8 Å². The first kappa shape index (κ1) is 20.3. The van der Waals surface area contributed by atoms with E-state index in [1.807, 2.05) is 24.3 Å². The molecule has 0 radical (unpaired) electrons. The van der Waals surface area contributed by atoms with E-state index in [0.717, 1.165) is 11.1 Å². The highest BCUT2D eigenvalue weighted by atomic mass is 32.1. The second-order valence-corrected chi connectivity index (χ2v) is 6.03. The molecule has 7 nitrogen and oxygen atoms in total. The van der Waals surface area contributed by atoms with Crippen molar-refractivity contribution in [2.24, 2.45) is 5.10 Å². The van der Waals surface area contributed by atoms with E-state index in [1.165, 1.54) is 35.3 Å². The van der Waals surface area contributed by atoms with Crippen molar-refractivity contribution in [1.29, 1.82) is 0 Å². The minimum atomic E-state index is -4.73. The Bertz CT molecular complexity index is 1000. The smallest absolute Gasteiger partial charge is 0.406 e. The molecule has 0 fully saturated rings. The van der Waals surface area contributed by atoms with Crippen LogP contribution in [0.4, 0.5) is 13.2 Å². The van der Waals surface area contributed by atoms with E-state index in [2.05, 4.69) is 30.7 Å². The van der Waals surface area contributed by atoms with Gasteiger partial charge in [-0.2, -0.15) is 5.10 Å². The minimum Gasteiger partial charge on any atom is -0.406 e. The van der Waals surface area contributed by atoms with E-state index in [-0.39, 0.29) is 5.75 Å². The van der Waals surface area contributed by atoms with Gasteiger partial charge in [-0.05, 0) is 42.0 Å². The number of ether oxygens (including phenoxy) is 1. The number of benzene rings is 2.